The molecule has 17 heavy (non-hydrogen) atoms. The lowest BCUT2D eigenvalue weighted by molar-refractivity contribution is -0.130. The minimum absolute atomic E-state index is 0.0998. The van der Waals surface area contributed by atoms with Crippen molar-refractivity contribution in [1.82, 2.24) is 4.90 Å². The van der Waals surface area contributed by atoms with Crippen molar-refractivity contribution in [3.63, 3.8) is 0 Å². The minimum Gasteiger partial charge on any atom is -0.394 e. The Kier molecular flexibility index (Phi) is 2.97. The van der Waals surface area contributed by atoms with Gasteiger partial charge in [0.1, 0.15) is 18.2 Å². The van der Waals surface area contributed by atoms with Crippen molar-refractivity contribution in [3.05, 3.63) is 29.3 Å². The first-order chi connectivity index (χ1) is 8.04. The van der Waals surface area contributed by atoms with E-state index in [4.69, 9.17) is 10.8 Å². The third-order valence-electron chi connectivity index (χ3n) is 2.98. The molecule has 0 bridgehead atoms. The van der Waals surface area contributed by atoms with Crippen molar-refractivity contribution in [3.8, 4) is 0 Å². The maximum Gasteiger partial charge on any atom is 0.225 e. The van der Waals surface area contributed by atoms with Gasteiger partial charge in [0.2, 0.25) is 5.91 Å². The molecule has 1 aromatic carbocycles. The van der Waals surface area contributed by atoms with Crippen molar-refractivity contribution >= 4 is 11.6 Å². The van der Waals surface area contributed by atoms with Crippen molar-refractivity contribution in [2.24, 2.45) is 0 Å². The SMILES string of the molecule is Nc1c(F)ccc(C2CC(=O)N(CO)C2)c1F. The topological polar surface area (TPSA) is 66.6 Å². The molecule has 1 atom stereocenters. The number of carbonyl (C=O) groups is 1. The van der Waals surface area contributed by atoms with Gasteiger partial charge in [0.05, 0.1) is 0 Å². The predicted octanol–water partition coefficient (Wildman–Crippen LogP) is 0.813. The smallest absolute Gasteiger partial charge is 0.225 e. The zero-order valence-corrected chi connectivity index (χ0v) is 8.99. The predicted molar refractivity (Wildman–Crippen MR) is 56.9 cm³/mol. The number of hydrogen-bond acceptors (Lipinski definition) is 3. The molecule has 0 aliphatic carbocycles. The molecule has 6 heteroatoms. The van der Waals surface area contributed by atoms with Crippen LogP contribution in [0.4, 0.5) is 14.5 Å². The number of rotatable bonds is 2. The summed E-state index contributed by atoms with van der Waals surface area (Å²) in [6.07, 6.45) is 0.0998. The molecular formula is C11H12F2N2O2. The first kappa shape index (κ1) is 11.8. The van der Waals surface area contributed by atoms with Gasteiger partial charge in [-0.25, -0.2) is 8.78 Å². The van der Waals surface area contributed by atoms with Crippen molar-refractivity contribution in [2.75, 3.05) is 19.0 Å². The van der Waals surface area contributed by atoms with E-state index in [-0.39, 0.29) is 24.4 Å². The lowest BCUT2D eigenvalue weighted by Gasteiger charge is -2.14. The number of benzene rings is 1. The quantitative estimate of drug-likeness (QED) is 0.754. The van der Waals surface area contributed by atoms with E-state index in [1.807, 2.05) is 0 Å². The van der Waals surface area contributed by atoms with Crippen LogP contribution in [-0.2, 0) is 4.79 Å². The summed E-state index contributed by atoms with van der Waals surface area (Å²) in [5, 5.41) is 8.90. The van der Waals surface area contributed by atoms with Gasteiger partial charge in [-0.1, -0.05) is 6.07 Å². The maximum absolute atomic E-state index is 13.7. The van der Waals surface area contributed by atoms with Gasteiger partial charge in [0.15, 0.2) is 5.82 Å². The van der Waals surface area contributed by atoms with Crippen molar-refractivity contribution in [2.45, 2.75) is 12.3 Å². The first-order valence-electron chi connectivity index (χ1n) is 5.16. The van der Waals surface area contributed by atoms with E-state index in [9.17, 15) is 13.6 Å². The Labute approximate surface area is 96.6 Å². The van der Waals surface area contributed by atoms with Crippen molar-refractivity contribution < 1.29 is 18.7 Å². The average molecular weight is 242 g/mol. The summed E-state index contributed by atoms with van der Waals surface area (Å²) in [5.74, 6) is -2.27. The number of carbonyl (C=O) groups excluding carboxylic acids is 1. The molecule has 0 saturated carbocycles. The summed E-state index contributed by atoms with van der Waals surface area (Å²) in [6.45, 7) is -0.176. The lowest BCUT2D eigenvalue weighted by atomic mass is 9.97. The Morgan fingerprint density at radius 2 is 2.18 bits per heavy atom. The molecule has 0 radical (unpaired) electrons. The van der Waals surface area contributed by atoms with E-state index in [1.165, 1.54) is 11.0 Å². The Morgan fingerprint density at radius 1 is 1.47 bits per heavy atom. The normalized spacial score (nSPS) is 20.1. The van der Waals surface area contributed by atoms with Gasteiger partial charge in [0.25, 0.3) is 0 Å². The fourth-order valence-electron chi connectivity index (χ4n) is 2.02. The number of nitrogens with zero attached hydrogens (tertiary/aromatic N) is 1. The molecule has 1 aliphatic rings. The summed E-state index contributed by atoms with van der Waals surface area (Å²) in [7, 11) is 0. The number of likely N-dealkylation sites (tertiary alicyclic amines) is 1. The summed E-state index contributed by atoms with van der Waals surface area (Å²) < 4.78 is 26.7. The lowest BCUT2D eigenvalue weighted by Crippen LogP contribution is -2.25. The highest BCUT2D eigenvalue weighted by Gasteiger charge is 2.32. The third-order valence-corrected chi connectivity index (χ3v) is 2.98. The van der Waals surface area contributed by atoms with Crippen LogP contribution in [0.15, 0.2) is 12.1 Å². The highest BCUT2D eigenvalue weighted by molar-refractivity contribution is 5.79. The standard InChI is InChI=1S/C11H12F2N2O2/c12-8-2-1-7(10(13)11(8)14)6-3-9(17)15(4-6)5-16/h1-2,6,16H,3-5,14H2. The summed E-state index contributed by atoms with van der Waals surface area (Å²) >= 11 is 0. The van der Waals surface area contributed by atoms with Crippen LogP contribution in [0.1, 0.15) is 17.9 Å². The molecular weight excluding hydrogens is 230 g/mol. The molecule has 4 nitrogen and oxygen atoms in total. The van der Waals surface area contributed by atoms with E-state index in [0.717, 1.165) is 6.07 Å². The zero-order chi connectivity index (χ0) is 12.6. The highest BCUT2D eigenvalue weighted by Crippen LogP contribution is 2.32. The summed E-state index contributed by atoms with van der Waals surface area (Å²) in [4.78, 5) is 12.6. The van der Waals surface area contributed by atoms with Crippen LogP contribution in [0.25, 0.3) is 0 Å². The maximum atomic E-state index is 13.7. The van der Waals surface area contributed by atoms with Crippen LogP contribution >= 0.6 is 0 Å². The van der Waals surface area contributed by atoms with Gasteiger partial charge >= 0.3 is 0 Å². The van der Waals surface area contributed by atoms with E-state index in [0.29, 0.717) is 0 Å². The third kappa shape index (κ3) is 1.95. The molecule has 0 aromatic heterocycles. The van der Waals surface area contributed by atoms with Gasteiger partial charge in [0, 0.05) is 18.9 Å². The average Bonchev–Trinajstić information content (AvgIpc) is 2.67. The van der Waals surface area contributed by atoms with Crippen LogP contribution in [0.3, 0.4) is 0 Å². The number of amides is 1. The molecule has 1 amide bonds. The second kappa shape index (κ2) is 4.29. The van der Waals surface area contributed by atoms with Crippen molar-refractivity contribution in [1.29, 1.82) is 0 Å². The number of anilines is 1. The first-order valence-corrected chi connectivity index (χ1v) is 5.16. The molecule has 3 N–H and O–H groups in total. The molecule has 1 saturated heterocycles. The fourth-order valence-corrected chi connectivity index (χ4v) is 2.02. The molecule has 2 rings (SSSR count). The van der Waals surface area contributed by atoms with Crippen LogP contribution in [0, 0.1) is 11.6 Å². The van der Waals surface area contributed by atoms with Gasteiger partial charge in [-0.2, -0.15) is 0 Å². The van der Waals surface area contributed by atoms with E-state index >= 15 is 0 Å². The molecule has 1 heterocycles. The fraction of sp³-hybridized carbons (Fsp3) is 0.364. The van der Waals surface area contributed by atoms with Gasteiger partial charge in [-0.3, -0.25) is 4.79 Å². The molecule has 92 valence electrons. The monoisotopic (exact) mass is 242 g/mol. The van der Waals surface area contributed by atoms with Gasteiger partial charge in [-0.15, -0.1) is 0 Å². The second-order valence-corrected chi connectivity index (χ2v) is 4.02. The summed E-state index contributed by atoms with van der Waals surface area (Å²) in [5.41, 5.74) is 4.94. The molecule has 0 spiro atoms. The number of aliphatic hydroxyl groups is 1. The number of nitrogen functional groups attached to an aromatic ring is 1. The largest absolute Gasteiger partial charge is 0.394 e. The Bertz CT molecular complexity index is 465. The van der Waals surface area contributed by atoms with Crippen LogP contribution in [0.2, 0.25) is 0 Å². The van der Waals surface area contributed by atoms with Crippen LogP contribution in [0.5, 0.6) is 0 Å². The highest BCUT2D eigenvalue weighted by atomic mass is 19.1. The number of halogens is 2. The number of aliphatic hydroxyl groups excluding tert-OH is 1. The molecule has 1 unspecified atom stereocenters. The van der Waals surface area contributed by atoms with Crippen LogP contribution < -0.4 is 5.73 Å². The van der Waals surface area contributed by atoms with Gasteiger partial charge in [-0.05, 0) is 11.6 Å². The second-order valence-electron chi connectivity index (χ2n) is 4.02. The number of hydrogen-bond donors (Lipinski definition) is 2. The number of nitrogens with two attached hydrogens (primary N) is 1. The molecule has 1 aliphatic heterocycles. The van der Waals surface area contributed by atoms with Crippen LogP contribution in [-0.4, -0.2) is 29.2 Å². The van der Waals surface area contributed by atoms with Gasteiger partial charge < -0.3 is 15.7 Å². The summed E-state index contributed by atoms with van der Waals surface area (Å²) in [6, 6.07) is 2.37. The molecule has 1 aromatic rings. The Balaban J connectivity index is 2.31. The van der Waals surface area contributed by atoms with E-state index in [1.54, 1.807) is 0 Å². The van der Waals surface area contributed by atoms with E-state index in [2.05, 4.69) is 0 Å². The Morgan fingerprint density at radius 3 is 2.76 bits per heavy atom. The van der Waals surface area contributed by atoms with E-state index < -0.39 is 30.0 Å². The minimum atomic E-state index is -0.817. The molecule has 1 fully saturated rings. The zero-order valence-electron chi connectivity index (χ0n) is 8.99. The Hall–Kier alpha value is -1.69.